The average Bonchev–Trinajstić information content (AvgIpc) is 2.35. The molecule has 118 valence electrons. The van der Waals surface area contributed by atoms with Crippen molar-refractivity contribution in [3.8, 4) is 0 Å². The van der Waals surface area contributed by atoms with Crippen LogP contribution in [0.3, 0.4) is 0 Å². The summed E-state index contributed by atoms with van der Waals surface area (Å²) in [5.41, 5.74) is 0. The summed E-state index contributed by atoms with van der Waals surface area (Å²) in [6.45, 7) is 8.49. The van der Waals surface area contributed by atoms with Crippen LogP contribution in [0.4, 0.5) is 0 Å². The van der Waals surface area contributed by atoms with Gasteiger partial charge in [-0.25, -0.2) is 0 Å². The molecule has 0 rings (SSSR count). The number of hydrogen-bond donors (Lipinski definition) is 0. The summed E-state index contributed by atoms with van der Waals surface area (Å²) < 4.78 is 5.26. The van der Waals surface area contributed by atoms with E-state index in [0.717, 1.165) is 0 Å². The maximum Gasteiger partial charge on any atom is 0.249 e. The van der Waals surface area contributed by atoms with Gasteiger partial charge in [0.1, 0.15) is 6.61 Å². The Morgan fingerprint density at radius 3 is 1.90 bits per heavy atom. The van der Waals surface area contributed by atoms with E-state index in [0.29, 0.717) is 12.6 Å². The third-order valence-electron chi connectivity index (χ3n) is 3.08. The van der Waals surface area contributed by atoms with Gasteiger partial charge >= 0.3 is 0 Å². The smallest absolute Gasteiger partial charge is 0.249 e. The topological polar surface area (TPSA) is 53.1 Å². The normalized spacial score (nSPS) is 11.3. The van der Waals surface area contributed by atoms with Crippen molar-refractivity contribution in [2.45, 2.75) is 39.8 Å². The second-order valence-corrected chi connectivity index (χ2v) is 5.69. The third-order valence-corrected chi connectivity index (χ3v) is 3.08. The van der Waals surface area contributed by atoms with Crippen LogP contribution in [-0.4, -0.2) is 79.6 Å². The SMILES string of the molecule is CC(C)OCC(=O)N(C)CN(C)C(=O)CN(C)C(C)C. The number of ether oxygens (including phenoxy) is 1. The Kier molecular flexibility index (Phi) is 8.41. The van der Waals surface area contributed by atoms with E-state index in [1.54, 1.807) is 19.0 Å². The largest absolute Gasteiger partial charge is 0.369 e. The maximum atomic E-state index is 12.0. The van der Waals surface area contributed by atoms with E-state index in [9.17, 15) is 9.59 Å². The van der Waals surface area contributed by atoms with Crippen LogP contribution in [-0.2, 0) is 14.3 Å². The lowest BCUT2D eigenvalue weighted by Crippen LogP contribution is -2.45. The van der Waals surface area contributed by atoms with Gasteiger partial charge in [-0.05, 0) is 34.7 Å². The standard InChI is InChI=1S/C14H29N3O3/c1-11(2)15(5)8-13(18)16(6)10-17(7)14(19)9-20-12(3)4/h11-12H,8-10H2,1-7H3. The lowest BCUT2D eigenvalue weighted by molar-refractivity contribution is -0.141. The molecule has 0 saturated heterocycles. The van der Waals surface area contributed by atoms with Crippen molar-refractivity contribution < 1.29 is 14.3 Å². The predicted octanol–water partition coefficient (Wildman–Crippen LogP) is 0.626. The van der Waals surface area contributed by atoms with Crippen LogP contribution in [0.5, 0.6) is 0 Å². The molecule has 0 fully saturated rings. The average molecular weight is 287 g/mol. The number of hydrogen-bond acceptors (Lipinski definition) is 4. The molecule has 20 heavy (non-hydrogen) atoms. The van der Waals surface area contributed by atoms with E-state index in [4.69, 9.17) is 4.74 Å². The molecule has 0 saturated carbocycles. The summed E-state index contributed by atoms with van der Waals surface area (Å²) in [5, 5.41) is 0. The van der Waals surface area contributed by atoms with Gasteiger partial charge in [-0.1, -0.05) is 0 Å². The van der Waals surface area contributed by atoms with Gasteiger partial charge in [0.05, 0.1) is 19.3 Å². The van der Waals surface area contributed by atoms with Crippen molar-refractivity contribution in [2.24, 2.45) is 0 Å². The quantitative estimate of drug-likeness (QED) is 0.614. The minimum Gasteiger partial charge on any atom is -0.369 e. The molecule has 6 heteroatoms. The van der Waals surface area contributed by atoms with Crippen molar-refractivity contribution >= 4 is 11.8 Å². The van der Waals surface area contributed by atoms with Gasteiger partial charge in [-0.2, -0.15) is 0 Å². The molecule has 0 radical (unpaired) electrons. The van der Waals surface area contributed by atoms with Gasteiger partial charge in [0.2, 0.25) is 11.8 Å². The molecule has 0 aromatic rings. The van der Waals surface area contributed by atoms with Crippen molar-refractivity contribution in [3.05, 3.63) is 0 Å². The summed E-state index contributed by atoms with van der Waals surface area (Å²) in [5.74, 6) is -0.138. The first-order valence-electron chi connectivity index (χ1n) is 6.94. The van der Waals surface area contributed by atoms with Crippen molar-refractivity contribution in [1.29, 1.82) is 0 Å². The van der Waals surface area contributed by atoms with E-state index >= 15 is 0 Å². The number of amides is 2. The summed E-state index contributed by atoms with van der Waals surface area (Å²) in [4.78, 5) is 28.8. The molecule has 6 nitrogen and oxygen atoms in total. The van der Waals surface area contributed by atoms with Crippen LogP contribution in [0.15, 0.2) is 0 Å². The summed E-state index contributed by atoms with van der Waals surface area (Å²) >= 11 is 0. The first-order valence-corrected chi connectivity index (χ1v) is 6.94. The van der Waals surface area contributed by atoms with Crippen molar-refractivity contribution in [1.82, 2.24) is 14.7 Å². The van der Waals surface area contributed by atoms with Gasteiger partial charge in [-0.15, -0.1) is 0 Å². The van der Waals surface area contributed by atoms with E-state index < -0.39 is 0 Å². The van der Waals surface area contributed by atoms with Crippen molar-refractivity contribution in [2.75, 3.05) is 41.0 Å². The zero-order chi connectivity index (χ0) is 15.9. The van der Waals surface area contributed by atoms with Crippen LogP contribution in [0.25, 0.3) is 0 Å². The highest BCUT2D eigenvalue weighted by atomic mass is 16.5. The highest BCUT2D eigenvalue weighted by molar-refractivity contribution is 5.80. The Bertz CT molecular complexity index is 319. The predicted molar refractivity (Wildman–Crippen MR) is 79.3 cm³/mol. The summed E-state index contributed by atoms with van der Waals surface area (Å²) in [6.07, 6.45) is 0.0198. The Labute approximate surface area is 122 Å². The summed E-state index contributed by atoms with van der Waals surface area (Å²) in [6, 6.07) is 0.311. The Morgan fingerprint density at radius 1 is 0.950 bits per heavy atom. The van der Waals surface area contributed by atoms with E-state index in [1.165, 1.54) is 4.90 Å². The van der Waals surface area contributed by atoms with Gasteiger partial charge in [0, 0.05) is 20.1 Å². The van der Waals surface area contributed by atoms with Gasteiger partial charge < -0.3 is 14.5 Å². The van der Waals surface area contributed by atoms with Crippen molar-refractivity contribution in [3.63, 3.8) is 0 Å². The van der Waals surface area contributed by atoms with Crippen LogP contribution in [0, 0.1) is 0 Å². The number of likely N-dealkylation sites (N-methyl/N-ethyl adjacent to an activating group) is 3. The summed E-state index contributed by atoms with van der Waals surface area (Å²) in [7, 11) is 5.27. The van der Waals surface area contributed by atoms with Gasteiger partial charge in [0.15, 0.2) is 0 Å². The minimum absolute atomic E-state index is 0.00868. The molecule has 0 aliphatic carbocycles. The Morgan fingerprint density at radius 2 is 1.45 bits per heavy atom. The second kappa shape index (κ2) is 8.92. The molecule has 2 amide bonds. The van der Waals surface area contributed by atoms with Gasteiger partial charge in [-0.3, -0.25) is 14.5 Å². The first-order chi connectivity index (χ1) is 9.15. The van der Waals surface area contributed by atoms with Crippen LogP contribution < -0.4 is 0 Å². The fraction of sp³-hybridized carbons (Fsp3) is 0.857. The number of nitrogens with zero attached hydrogens (tertiary/aromatic N) is 3. The Balaban J connectivity index is 4.20. The van der Waals surface area contributed by atoms with Crippen LogP contribution >= 0.6 is 0 Å². The second-order valence-electron chi connectivity index (χ2n) is 5.69. The molecule has 0 N–H and O–H groups in total. The number of carbonyl (C=O) groups is 2. The highest BCUT2D eigenvalue weighted by Crippen LogP contribution is 1.98. The monoisotopic (exact) mass is 287 g/mol. The highest BCUT2D eigenvalue weighted by Gasteiger charge is 2.17. The Hall–Kier alpha value is -1.14. The first kappa shape index (κ1) is 18.9. The third kappa shape index (κ3) is 7.45. The molecule has 0 aliphatic rings. The zero-order valence-corrected chi connectivity index (χ0v) is 13.8. The molecule has 0 atom stereocenters. The molecule has 0 spiro atoms. The number of carbonyl (C=O) groups excluding carboxylic acids is 2. The van der Waals surface area contributed by atoms with E-state index in [1.807, 2.05) is 39.6 Å². The number of rotatable bonds is 8. The fourth-order valence-corrected chi connectivity index (χ4v) is 1.34. The molecule has 0 aromatic carbocycles. The fourth-order valence-electron chi connectivity index (χ4n) is 1.34. The van der Waals surface area contributed by atoms with E-state index in [2.05, 4.69) is 0 Å². The molecular formula is C14H29N3O3. The zero-order valence-electron chi connectivity index (χ0n) is 13.8. The maximum absolute atomic E-state index is 12.0. The molecule has 0 aliphatic heterocycles. The molecule has 0 heterocycles. The molecule has 0 unspecified atom stereocenters. The minimum atomic E-state index is -0.129. The molecule has 0 aromatic heterocycles. The van der Waals surface area contributed by atoms with Crippen LogP contribution in [0.2, 0.25) is 0 Å². The van der Waals surface area contributed by atoms with Crippen LogP contribution in [0.1, 0.15) is 27.7 Å². The molecular weight excluding hydrogens is 258 g/mol. The van der Waals surface area contributed by atoms with E-state index in [-0.39, 0.29) is 31.2 Å². The lowest BCUT2D eigenvalue weighted by Gasteiger charge is -2.28. The molecule has 0 bridgehead atoms. The van der Waals surface area contributed by atoms with Gasteiger partial charge in [0.25, 0.3) is 0 Å². The lowest BCUT2D eigenvalue weighted by atomic mass is 10.3.